The second kappa shape index (κ2) is 3.21. The number of nitrogens with one attached hydrogen (secondary N) is 4. The van der Waals surface area contributed by atoms with Gasteiger partial charge in [0.15, 0.2) is 5.82 Å². The molecule has 2 rings (SSSR count). The van der Waals surface area contributed by atoms with Crippen LogP contribution in [0.2, 0.25) is 0 Å². The standard InChI is InChI=1S/C7H7N5O2/c13-3-10-7-11-5-4(6(14)12-7)8-1-2-9-5/h1-3,8H,(H3,9,10,11,12,13,14). The SMILES string of the molecule is O=CNc1nc2c(c(=O)[nH]1)NC=CN2. The Morgan fingerprint density at radius 3 is 2.93 bits per heavy atom. The number of rotatable bonds is 2. The van der Waals surface area contributed by atoms with E-state index in [4.69, 9.17) is 0 Å². The molecule has 72 valence electrons. The Bertz CT molecular complexity index is 450. The maximum absolute atomic E-state index is 11.4. The second-order valence-electron chi connectivity index (χ2n) is 2.52. The van der Waals surface area contributed by atoms with Crippen LogP contribution in [0.4, 0.5) is 17.5 Å². The summed E-state index contributed by atoms with van der Waals surface area (Å²) in [4.78, 5) is 27.8. The van der Waals surface area contributed by atoms with E-state index in [2.05, 4.69) is 25.9 Å². The number of carbonyl (C=O) groups is 1. The van der Waals surface area contributed by atoms with Gasteiger partial charge in [0.25, 0.3) is 5.56 Å². The van der Waals surface area contributed by atoms with Gasteiger partial charge in [0.05, 0.1) is 0 Å². The summed E-state index contributed by atoms with van der Waals surface area (Å²) in [5.41, 5.74) is -0.0276. The molecule has 0 saturated carbocycles. The van der Waals surface area contributed by atoms with Crippen LogP contribution in [0.3, 0.4) is 0 Å². The van der Waals surface area contributed by atoms with Gasteiger partial charge in [-0.05, 0) is 0 Å². The summed E-state index contributed by atoms with van der Waals surface area (Å²) in [5, 5.41) is 7.77. The van der Waals surface area contributed by atoms with Crippen molar-refractivity contribution in [1.82, 2.24) is 9.97 Å². The molecule has 0 radical (unpaired) electrons. The van der Waals surface area contributed by atoms with E-state index in [0.717, 1.165) is 0 Å². The average Bonchev–Trinajstić information content (AvgIpc) is 2.18. The van der Waals surface area contributed by atoms with Crippen LogP contribution in [0.15, 0.2) is 17.2 Å². The van der Waals surface area contributed by atoms with Gasteiger partial charge in [-0.25, -0.2) is 0 Å². The molecular formula is C7H7N5O2. The van der Waals surface area contributed by atoms with Crippen LogP contribution in [-0.2, 0) is 4.79 Å². The van der Waals surface area contributed by atoms with Crippen LogP contribution in [0, 0.1) is 0 Å². The maximum Gasteiger partial charge on any atom is 0.278 e. The normalized spacial score (nSPS) is 12.3. The van der Waals surface area contributed by atoms with Crippen molar-refractivity contribution in [3.8, 4) is 0 Å². The fourth-order valence-electron chi connectivity index (χ4n) is 1.08. The molecule has 2 heterocycles. The monoisotopic (exact) mass is 193 g/mol. The lowest BCUT2D eigenvalue weighted by Gasteiger charge is -2.12. The lowest BCUT2D eigenvalue weighted by Crippen LogP contribution is -2.20. The molecule has 1 amide bonds. The molecule has 1 aromatic heterocycles. The second-order valence-corrected chi connectivity index (χ2v) is 2.52. The highest BCUT2D eigenvalue weighted by Crippen LogP contribution is 2.17. The minimum absolute atomic E-state index is 0.105. The zero-order valence-electron chi connectivity index (χ0n) is 7.00. The molecule has 0 aliphatic carbocycles. The summed E-state index contributed by atoms with van der Waals surface area (Å²) < 4.78 is 0. The first kappa shape index (κ1) is 8.30. The smallest absolute Gasteiger partial charge is 0.278 e. The maximum atomic E-state index is 11.4. The van der Waals surface area contributed by atoms with Crippen molar-refractivity contribution < 1.29 is 4.79 Å². The number of aromatic nitrogens is 2. The van der Waals surface area contributed by atoms with E-state index in [0.29, 0.717) is 17.9 Å². The average molecular weight is 193 g/mol. The van der Waals surface area contributed by atoms with Gasteiger partial charge >= 0.3 is 0 Å². The summed E-state index contributed by atoms with van der Waals surface area (Å²) >= 11 is 0. The highest BCUT2D eigenvalue weighted by Gasteiger charge is 2.11. The number of fused-ring (bicyclic) bond motifs is 1. The minimum atomic E-state index is -0.351. The van der Waals surface area contributed by atoms with Crippen molar-refractivity contribution in [2.75, 3.05) is 16.0 Å². The van der Waals surface area contributed by atoms with E-state index in [-0.39, 0.29) is 11.5 Å². The summed E-state index contributed by atoms with van der Waals surface area (Å²) in [6.45, 7) is 0. The van der Waals surface area contributed by atoms with E-state index < -0.39 is 0 Å². The first-order valence-corrected chi connectivity index (χ1v) is 3.84. The zero-order valence-corrected chi connectivity index (χ0v) is 7.00. The van der Waals surface area contributed by atoms with Crippen LogP contribution in [-0.4, -0.2) is 16.4 Å². The van der Waals surface area contributed by atoms with Crippen LogP contribution in [0.5, 0.6) is 0 Å². The van der Waals surface area contributed by atoms with Crippen molar-refractivity contribution in [1.29, 1.82) is 0 Å². The van der Waals surface area contributed by atoms with Crippen molar-refractivity contribution in [3.63, 3.8) is 0 Å². The molecule has 14 heavy (non-hydrogen) atoms. The predicted molar refractivity (Wildman–Crippen MR) is 50.9 cm³/mol. The van der Waals surface area contributed by atoms with E-state index in [1.54, 1.807) is 12.4 Å². The van der Waals surface area contributed by atoms with Crippen molar-refractivity contribution in [3.05, 3.63) is 22.8 Å². The number of anilines is 3. The molecule has 0 spiro atoms. The Hall–Kier alpha value is -2.31. The molecule has 0 saturated heterocycles. The largest absolute Gasteiger partial charge is 0.353 e. The van der Waals surface area contributed by atoms with Crippen LogP contribution in [0.25, 0.3) is 0 Å². The fraction of sp³-hybridized carbons (Fsp3) is 0. The lowest BCUT2D eigenvalue weighted by molar-refractivity contribution is -0.105. The first-order chi connectivity index (χ1) is 6.81. The number of H-pyrrole nitrogens is 1. The molecule has 1 aliphatic heterocycles. The highest BCUT2D eigenvalue weighted by atomic mass is 16.1. The molecule has 7 heteroatoms. The lowest BCUT2D eigenvalue weighted by atomic mass is 10.4. The third-order valence-corrected chi connectivity index (χ3v) is 1.65. The van der Waals surface area contributed by atoms with E-state index in [1.165, 1.54) is 0 Å². The van der Waals surface area contributed by atoms with Crippen LogP contribution < -0.4 is 21.5 Å². The Morgan fingerprint density at radius 1 is 1.36 bits per heavy atom. The molecule has 0 atom stereocenters. The molecular weight excluding hydrogens is 186 g/mol. The van der Waals surface area contributed by atoms with Gasteiger partial charge in [-0.15, -0.1) is 0 Å². The Morgan fingerprint density at radius 2 is 2.14 bits per heavy atom. The molecule has 0 fully saturated rings. The van der Waals surface area contributed by atoms with Crippen LogP contribution in [0.1, 0.15) is 0 Å². The van der Waals surface area contributed by atoms with Gasteiger partial charge < -0.3 is 10.6 Å². The molecule has 0 unspecified atom stereocenters. The Kier molecular flexibility index (Phi) is 1.90. The van der Waals surface area contributed by atoms with Gasteiger partial charge in [0.2, 0.25) is 12.4 Å². The number of hydrogen-bond donors (Lipinski definition) is 4. The molecule has 4 N–H and O–H groups in total. The summed E-state index contributed by atoms with van der Waals surface area (Å²) in [7, 11) is 0. The highest BCUT2D eigenvalue weighted by molar-refractivity contribution is 5.72. The number of aromatic amines is 1. The van der Waals surface area contributed by atoms with E-state index in [1.807, 2.05) is 0 Å². The summed E-state index contributed by atoms with van der Waals surface area (Å²) in [5.74, 6) is 0.481. The van der Waals surface area contributed by atoms with Gasteiger partial charge in [-0.3, -0.25) is 19.9 Å². The summed E-state index contributed by atoms with van der Waals surface area (Å²) in [6.07, 6.45) is 3.61. The predicted octanol–water partition coefficient (Wildman–Crippen LogP) is -0.353. The van der Waals surface area contributed by atoms with E-state index >= 15 is 0 Å². The third kappa shape index (κ3) is 1.30. The van der Waals surface area contributed by atoms with Crippen LogP contribution >= 0.6 is 0 Å². The van der Waals surface area contributed by atoms with Crippen molar-refractivity contribution in [2.45, 2.75) is 0 Å². The molecule has 7 nitrogen and oxygen atoms in total. The molecule has 0 bridgehead atoms. The topological polar surface area (TPSA) is 98.9 Å². The Balaban J connectivity index is 2.49. The first-order valence-electron chi connectivity index (χ1n) is 3.84. The molecule has 0 aromatic carbocycles. The summed E-state index contributed by atoms with van der Waals surface area (Å²) in [6, 6.07) is 0. The van der Waals surface area contributed by atoms with Crippen molar-refractivity contribution in [2.24, 2.45) is 0 Å². The van der Waals surface area contributed by atoms with Gasteiger partial charge in [0.1, 0.15) is 5.69 Å². The number of carbonyl (C=O) groups excluding carboxylic acids is 1. The zero-order chi connectivity index (χ0) is 9.97. The van der Waals surface area contributed by atoms with Gasteiger partial charge in [-0.2, -0.15) is 4.98 Å². The molecule has 1 aliphatic rings. The van der Waals surface area contributed by atoms with E-state index in [9.17, 15) is 9.59 Å². The fourth-order valence-corrected chi connectivity index (χ4v) is 1.08. The number of nitrogens with zero attached hydrogens (tertiary/aromatic N) is 1. The quantitative estimate of drug-likeness (QED) is 0.481. The minimum Gasteiger partial charge on any atom is -0.353 e. The number of hydrogen-bond acceptors (Lipinski definition) is 5. The number of amides is 1. The van der Waals surface area contributed by atoms with Gasteiger partial charge in [0, 0.05) is 12.4 Å². The third-order valence-electron chi connectivity index (χ3n) is 1.65. The molecule has 1 aromatic rings. The van der Waals surface area contributed by atoms with Crippen molar-refractivity contribution >= 4 is 23.9 Å². The Labute approximate surface area is 78.2 Å². The van der Waals surface area contributed by atoms with Gasteiger partial charge in [-0.1, -0.05) is 0 Å².